The number of benzene rings is 1. The highest BCUT2D eigenvalue weighted by Gasteiger charge is 2.20. The molecule has 1 aliphatic rings. The van der Waals surface area contributed by atoms with Gasteiger partial charge in [0.1, 0.15) is 5.82 Å². The van der Waals surface area contributed by atoms with E-state index < -0.39 is 0 Å². The molecular weight excluding hydrogens is 257 g/mol. The van der Waals surface area contributed by atoms with Crippen LogP contribution in [0.5, 0.6) is 0 Å². The number of hydrogen-bond donors (Lipinski definition) is 2. The molecule has 2 rings (SSSR count). The van der Waals surface area contributed by atoms with Crippen molar-refractivity contribution in [2.75, 3.05) is 6.61 Å². The van der Waals surface area contributed by atoms with Gasteiger partial charge in [-0.05, 0) is 30.0 Å². The molecule has 0 aromatic heterocycles. The van der Waals surface area contributed by atoms with E-state index in [4.69, 9.17) is 5.11 Å². The Bertz CT molecular complexity index is 501. The topological polar surface area (TPSA) is 49.3 Å². The SMILES string of the molecule is CC(CC(=O)N[C@@H]1C=C[C@H](CO)C1)c1cccc(F)c1. The van der Waals surface area contributed by atoms with Crippen LogP contribution in [0.15, 0.2) is 36.4 Å². The summed E-state index contributed by atoms with van der Waals surface area (Å²) in [5.41, 5.74) is 0.829. The lowest BCUT2D eigenvalue weighted by Crippen LogP contribution is -2.33. The van der Waals surface area contributed by atoms with Gasteiger partial charge in [-0.3, -0.25) is 4.79 Å². The molecule has 0 radical (unpaired) electrons. The van der Waals surface area contributed by atoms with Crippen LogP contribution >= 0.6 is 0 Å². The van der Waals surface area contributed by atoms with Crippen LogP contribution in [0.2, 0.25) is 0 Å². The van der Waals surface area contributed by atoms with E-state index >= 15 is 0 Å². The first kappa shape index (κ1) is 14.7. The van der Waals surface area contributed by atoms with Crippen molar-refractivity contribution >= 4 is 5.91 Å². The molecule has 1 aromatic carbocycles. The number of nitrogens with one attached hydrogen (secondary N) is 1. The first-order valence-corrected chi connectivity index (χ1v) is 6.92. The molecule has 0 saturated heterocycles. The van der Waals surface area contributed by atoms with Gasteiger partial charge in [0, 0.05) is 25.0 Å². The molecule has 1 unspecified atom stereocenters. The van der Waals surface area contributed by atoms with Crippen LogP contribution in [0.3, 0.4) is 0 Å². The summed E-state index contributed by atoms with van der Waals surface area (Å²) < 4.78 is 13.1. The molecule has 0 fully saturated rings. The fourth-order valence-corrected chi connectivity index (χ4v) is 2.49. The fraction of sp³-hybridized carbons (Fsp3) is 0.438. The zero-order valence-corrected chi connectivity index (χ0v) is 11.6. The first-order valence-electron chi connectivity index (χ1n) is 6.92. The van der Waals surface area contributed by atoms with Crippen LogP contribution in [0.25, 0.3) is 0 Å². The van der Waals surface area contributed by atoms with Crippen molar-refractivity contribution in [2.24, 2.45) is 5.92 Å². The molecule has 0 spiro atoms. The normalized spacial score (nSPS) is 22.8. The third-order valence-corrected chi connectivity index (χ3v) is 3.66. The number of carbonyl (C=O) groups excluding carboxylic acids is 1. The first-order chi connectivity index (χ1) is 9.58. The molecule has 0 aliphatic heterocycles. The zero-order valence-electron chi connectivity index (χ0n) is 11.6. The molecule has 1 aromatic rings. The van der Waals surface area contributed by atoms with Crippen LogP contribution in [0, 0.1) is 11.7 Å². The summed E-state index contributed by atoms with van der Waals surface area (Å²) in [6.45, 7) is 2.03. The van der Waals surface area contributed by atoms with Gasteiger partial charge in [-0.15, -0.1) is 0 Å². The highest BCUT2D eigenvalue weighted by atomic mass is 19.1. The molecular formula is C16H20FNO2. The number of carbonyl (C=O) groups is 1. The van der Waals surface area contributed by atoms with Crippen molar-refractivity contribution in [1.82, 2.24) is 5.32 Å². The summed E-state index contributed by atoms with van der Waals surface area (Å²) >= 11 is 0. The maximum Gasteiger partial charge on any atom is 0.221 e. The van der Waals surface area contributed by atoms with E-state index in [2.05, 4.69) is 5.32 Å². The third-order valence-electron chi connectivity index (χ3n) is 3.66. The van der Waals surface area contributed by atoms with E-state index in [0.717, 1.165) is 12.0 Å². The van der Waals surface area contributed by atoms with Crippen molar-refractivity contribution in [3.8, 4) is 0 Å². The lowest BCUT2D eigenvalue weighted by Gasteiger charge is -2.16. The van der Waals surface area contributed by atoms with E-state index in [1.54, 1.807) is 6.07 Å². The summed E-state index contributed by atoms with van der Waals surface area (Å²) in [5, 5.41) is 12.0. The Morgan fingerprint density at radius 3 is 2.95 bits per heavy atom. The van der Waals surface area contributed by atoms with E-state index in [9.17, 15) is 9.18 Å². The molecule has 1 aliphatic carbocycles. The molecule has 0 heterocycles. The zero-order chi connectivity index (χ0) is 14.5. The molecule has 4 heteroatoms. The van der Waals surface area contributed by atoms with Gasteiger partial charge < -0.3 is 10.4 Å². The van der Waals surface area contributed by atoms with E-state index in [0.29, 0.717) is 6.42 Å². The summed E-state index contributed by atoms with van der Waals surface area (Å²) in [4.78, 5) is 12.0. The Morgan fingerprint density at radius 2 is 2.30 bits per heavy atom. The van der Waals surface area contributed by atoms with Gasteiger partial charge in [-0.1, -0.05) is 31.2 Å². The van der Waals surface area contributed by atoms with Crippen LogP contribution in [0.1, 0.15) is 31.2 Å². The van der Waals surface area contributed by atoms with Gasteiger partial charge in [0.2, 0.25) is 5.91 Å². The summed E-state index contributed by atoms with van der Waals surface area (Å²) in [5.74, 6) is -0.208. The highest BCUT2D eigenvalue weighted by Crippen LogP contribution is 2.21. The van der Waals surface area contributed by atoms with Crippen LogP contribution in [0.4, 0.5) is 4.39 Å². The van der Waals surface area contributed by atoms with Crippen LogP contribution in [-0.2, 0) is 4.79 Å². The van der Waals surface area contributed by atoms with Crippen LogP contribution < -0.4 is 5.32 Å². The second-order valence-corrected chi connectivity index (χ2v) is 5.40. The predicted molar refractivity (Wildman–Crippen MR) is 75.7 cm³/mol. The van der Waals surface area contributed by atoms with Gasteiger partial charge in [0.05, 0.1) is 0 Å². The quantitative estimate of drug-likeness (QED) is 0.812. The van der Waals surface area contributed by atoms with Gasteiger partial charge in [0.25, 0.3) is 0 Å². The monoisotopic (exact) mass is 277 g/mol. The predicted octanol–water partition coefficient (Wildman–Crippen LogP) is 2.37. The summed E-state index contributed by atoms with van der Waals surface area (Å²) in [7, 11) is 0. The number of aliphatic hydroxyl groups excluding tert-OH is 1. The standard InChI is InChI=1S/C16H20FNO2/c1-11(13-3-2-4-14(17)9-13)7-16(20)18-15-6-5-12(8-15)10-19/h2-6,9,11-12,15,19H,7-8,10H2,1H3,(H,18,20)/t11?,12-,15+/m0/s1. The van der Waals surface area contributed by atoms with Gasteiger partial charge in [-0.25, -0.2) is 4.39 Å². The average Bonchev–Trinajstić information content (AvgIpc) is 2.86. The molecule has 2 N–H and O–H groups in total. The Hall–Kier alpha value is -1.68. The van der Waals surface area contributed by atoms with Crippen LogP contribution in [-0.4, -0.2) is 23.7 Å². The fourth-order valence-electron chi connectivity index (χ4n) is 2.49. The van der Waals surface area contributed by atoms with Crippen molar-refractivity contribution < 1.29 is 14.3 Å². The average molecular weight is 277 g/mol. The lowest BCUT2D eigenvalue weighted by molar-refractivity contribution is -0.121. The largest absolute Gasteiger partial charge is 0.396 e. The van der Waals surface area contributed by atoms with Gasteiger partial charge >= 0.3 is 0 Å². The minimum absolute atomic E-state index is 0.000593. The second kappa shape index (κ2) is 6.66. The molecule has 3 nitrogen and oxygen atoms in total. The number of hydrogen-bond acceptors (Lipinski definition) is 2. The van der Waals surface area contributed by atoms with Crippen molar-refractivity contribution in [2.45, 2.75) is 31.7 Å². The Morgan fingerprint density at radius 1 is 1.50 bits per heavy atom. The van der Waals surface area contributed by atoms with Crippen molar-refractivity contribution in [3.05, 3.63) is 47.8 Å². The maximum absolute atomic E-state index is 13.1. The molecule has 0 bridgehead atoms. The van der Waals surface area contributed by atoms with E-state index in [-0.39, 0.29) is 36.2 Å². The Kier molecular flexibility index (Phi) is 4.90. The minimum Gasteiger partial charge on any atom is -0.396 e. The highest BCUT2D eigenvalue weighted by molar-refractivity contribution is 5.77. The molecule has 20 heavy (non-hydrogen) atoms. The maximum atomic E-state index is 13.1. The number of rotatable bonds is 5. The van der Waals surface area contributed by atoms with E-state index in [1.807, 2.05) is 25.1 Å². The van der Waals surface area contributed by atoms with Gasteiger partial charge in [0.15, 0.2) is 0 Å². The summed E-state index contributed by atoms with van der Waals surface area (Å²) in [6.07, 6.45) is 4.93. The lowest BCUT2D eigenvalue weighted by atomic mass is 9.97. The minimum atomic E-state index is -0.278. The molecule has 0 saturated carbocycles. The molecule has 1 amide bonds. The third kappa shape index (κ3) is 3.90. The second-order valence-electron chi connectivity index (χ2n) is 5.40. The Balaban J connectivity index is 1.84. The number of halogens is 1. The molecule has 3 atom stereocenters. The Labute approximate surface area is 118 Å². The summed E-state index contributed by atoms with van der Waals surface area (Å²) in [6, 6.07) is 6.35. The number of aliphatic hydroxyl groups is 1. The van der Waals surface area contributed by atoms with Gasteiger partial charge in [-0.2, -0.15) is 0 Å². The smallest absolute Gasteiger partial charge is 0.221 e. The molecule has 108 valence electrons. The number of amides is 1. The van der Waals surface area contributed by atoms with Crippen molar-refractivity contribution in [1.29, 1.82) is 0 Å². The van der Waals surface area contributed by atoms with E-state index in [1.165, 1.54) is 12.1 Å². The van der Waals surface area contributed by atoms with Crippen molar-refractivity contribution in [3.63, 3.8) is 0 Å².